The fourth-order valence-corrected chi connectivity index (χ4v) is 10.0. The molecule has 0 radical (unpaired) electrons. The number of carbonyl (C=O) groups excluding carboxylic acids is 4. The molecule has 6 aromatic carbocycles. The number of rotatable bonds is 28. The van der Waals surface area contributed by atoms with Crippen molar-refractivity contribution in [2.24, 2.45) is 0 Å². The van der Waals surface area contributed by atoms with Crippen molar-refractivity contribution in [1.29, 1.82) is 0 Å². The molecule has 2 fully saturated rings. The Hall–Kier alpha value is -7.76. The lowest BCUT2D eigenvalue weighted by atomic mass is 9.89. The van der Waals surface area contributed by atoms with Crippen LogP contribution in [0.15, 0.2) is 146 Å². The summed E-state index contributed by atoms with van der Waals surface area (Å²) >= 11 is 0. The molecule has 6 N–H and O–H groups in total. The van der Waals surface area contributed by atoms with Crippen LogP contribution in [-0.4, -0.2) is 97.9 Å². The van der Waals surface area contributed by atoms with Crippen LogP contribution in [0.3, 0.4) is 0 Å². The van der Waals surface area contributed by atoms with E-state index in [1.165, 1.54) is 0 Å². The first kappa shape index (κ1) is 61.9. The van der Waals surface area contributed by atoms with Gasteiger partial charge in [0.15, 0.2) is 11.2 Å². The van der Waals surface area contributed by atoms with Gasteiger partial charge in [-0.1, -0.05) is 98.8 Å². The Morgan fingerprint density at radius 1 is 0.512 bits per heavy atom. The minimum Gasteiger partial charge on any atom is -0.494 e. The summed E-state index contributed by atoms with van der Waals surface area (Å²) < 4.78 is 35.1. The molecule has 2 aliphatic rings. The summed E-state index contributed by atoms with van der Waals surface area (Å²) in [6.07, 6.45) is 5.23. The third-order valence-electron chi connectivity index (χ3n) is 14.3. The van der Waals surface area contributed by atoms with Gasteiger partial charge in [0.05, 0.1) is 51.7 Å². The molecule has 2 aliphatic heterocycles. The fraction of sp³-hybridized carbons (Fsp3) is 0.394. The third-order valence-corrected chi connectivity index (χ3v) is 14.3. The molecule has 2 saturated heterocycles. The Morgan fingerprint density at radius 3 is 1.23 bits per heavy atom. The molecule has 82 heavy (non-hydrogen) atoms. The zero-order valence-electron chi connectivity index (χ0n) is 47.7. The van der Waals surface area contributed by atoms with Gasteiger partial charge in [-0.2, -0.15) is 0 Å². The van der Waals surface area contributed by atoms with Crippen LogP contribution in [0, 0.1) is 0 Å². The van der Waals surface area contributed by atoms with Gasteiger partial charge in [0.25, 0.3) is 23.6 Å². The normalized spacial score (nSPS) is 17.0. The summed E-state index contributed by atoms with van der Waals surface area (Å²) in [5, 5.41) is 31.9. The highest BCUT2D eigenvalue weighted by Gasteiger charge is 2.45. The van der Waals surface area contributed by atoms with Crippen molar-refractivity contribution >= 4 is 23.6 Å². The summed E-state index contributed by atoms with van der Waals surface area (Å²) in [5.41, 5.74) is 4.06. The van der Waals surface area contributed by atoms with Gasteiger partial charge in [0.2, 0.25) is 0 Å². The van der Waals surface area contributed by atoms with Crippen LogP contribution in [-0.2, 0) is 45.0 Å². The molecule has 4 amide bonds. The highest BCUT2D eigenvalue weighted by molar-refractivity contribution is 5.95. The second-order valence-electron chi connectivity index (χ2n) is 20.3. The maximum absolute atomic E-state index is 13.6. The first-order chi connectivity index (χ1) is 39.9. The van der Waals surface area contributed by atoms with Crippen LogP contribution < -0.4 is 40.2 Å². The Bertz CT molecular complexity index is 2750. The van der Waals surface area contributed by atoms with E-state index in [0.29, 0.717) is 88.0 Å². The predicted molar refractivity (Wildman–Crippen MR) is 314 cm³/mol. The average Bonchev–Trinajstić information content (AvgIpc) is 4.23. The standard InChI is InChI=1S/2C33H40N2O6/c2*1-3-18-40-28-14-12-26(13-15-28)31(37)34-22-27-20-24(11-16-30(27)39-4-2)21-33(17-8-19-41-33)32(38)35-29(23-36)25-9-6-5-7-10-25/h2*5-7,9-16,20,29,36H,3-4,8,17-19,21-23H2,1-2H3,(H,34,37)(H,35,38)/t29-,33+;29-,33-/m00/s1. The molecule has 436 valence electrons. The summed E-state index contributed by atoms with van der Waals surface area (Å²) in [6.45, 7) is 11.2. The molecule has 0 aromatic heterocycles. The number of aliphatic hydroxyl groups excluding tert-OH is 2. The number of amides is 4. The van der Waals surface area contributed by atoms with E-state index in [1.54, 1.807) is 48.5 Å². The molecular weight excluding hydrogens is 1040 g/mol. The van der Waals surface area contributed by atoms with Crippen LogP contribution in [0.4, 0.5) is 0 Å². The van der Waals surface area contributed by atoms with Crippen LogP contribution in [0.5, 0.6) is 23.0 Å². The van der Waals surface area contributed by atoms with Crippen molar-refractivity contribution in [2.75, 3.05) is 52.9 Å². The van der Waals surface area contributed by atoms with Crippen LogP contribution in [0.25, 0.3) is 0 Å². The van der Waals surface area contributed by atoms with Crippen molar-refractivity contribution in [3.05, 3.63) is 190 Å². The second-order valence-corrected chi connectivity index (χ2v) is 20.3. The summed E-state index contributed by atoms with van der Waals surface area (Å²) in [7, 11) is 0. The summed E-state index contributed by atoms with van der Waals surface area (Å²) in [5.74, 6) is 1.93. The third kappa shape index (κ3) is 17.1. The van der Waals surface area contributed by atoms with Gasteiger partial charge in [-0.05, 0) is 135 Å². The fourth-order valence-electron chi connectivity index (χ4n) is 10.0. The van der Waals surface area contributed by atoms with Crippen LogP contribution in [0.2, 0.25) is 0 Å². The monoisotopic (exact) mass is 1120 g/mol. The van der Waals surface area contributed by atoms with E-state index in [-0.39, 0.29) is 49.9 Å². The largest absolute Gasteiger partial charge is 0.494 e. The van der Waals surface area contributed by atoms with Crippen LogP contribution in [0.1, 0.15) is 132 Å². The molecule has 16 heteroatoms. The minimum absolute atomic E-state index is 0.203. The lowest BCUT2D eigenvalue weighted by Gasteiger charge is -2.30. The van der Waals surface area contributed by atoms with Gasteiger partial charge in [-0.15, -0.1) is 0 Å². The Labute approximate surface area is 482 Å². The zero-order chi connectivity index (χ0) is 58.2. The minimum atomic E-state index is -1.04. The van der Waals surface area contributed by atoms with Crippen molar-refractivity contribution in [3.8, 4) is 23.0 Å². The second kappa shape index (κ2) is 31.5. The molecule has 16 nitrogen and oxygen atoms in total. The highest BCUT2D eigenvalue weighted by Crippen LogP contribution is 2.35. The van der Waals surface area contributed by atoms with E-state index >= 15 is 0 Å². The average molecular weight is 1120 g/mol. The summed E-state index contributed by atoms with van der Waals surface area (Å²) in [6, 6.07) is 43.5. The maximum atomic E-state index is 13.6. The topological polar surface area (TPSA) is 212 Å². The van der Waals surface area contributed by atoms with Crippen molar-refractivity contribution < 1.29 is 57.8 Å². The lowest BCUT2D eigenvalue weighted by molar-refractivity contribution is -0.143. The lowest BCUT2D eigenvalue weighted by Crippen LogP contribution is -2.49. The highest BCUT2D eigenvalue weighted by atomic mass is 16.5. The number of carbonyl (C=O) groups is 4. The molecule has 0 unspecified atom stereocenters. The van der Waals surface area contributed by atoms with Gasteiger partial charge in [0.1, 0.15) is 23.0 Å². The first-order valence-electron chi connectivity index (χ1n) is 28.7. The molecule has 0 aliphatic carbocycles. The SMILES string of the molecule is CCCOc1ccc(C(=O)NCc2cc(C[C@@]3(C(=O)N[C@@H](CO)c4ccccc4)CCCO3)ccc2OCC)cc1.CCCOc1ccc(C(=O)NCc2cc(C[C@]3(C(=O)N[C@@H](CO)c4ccccc4)CCCO3)ccc2OCC)cc1. The number of benzene rings is 6. The summed E-state index contributed by atoms with van der Waals surface area (Å²) in [4.78, 5) is 52.9. The Kier molecular flexibility index (Phi) is 23.7. The Morgan fingerprint density at radius 2 is 0.902 bits per heavy atom. The molecule has 4 atom stereocenters. The van der Waals surface area contributed by atoms with Crippen LogP contribution >= 0.6 is 0 Å². The first-order valence-corrected chi connectivity index (χ1v) is 28.7. The molecule has 6 aromatic rings. The van der Waals surface area contributed by atoms with Gasteiger partial charge in [-0.3, -0.25) is 19.2 Å². The molecule has 8 rings (SSSR count). The number of ether oxygens (including phenoxy) is 6. The van der Waals surface area contributed by atoms with E-state index in [0.717, 1.165) is 70.6 Å². The number of hydrogen-bond acceptors (Lipinski definition) is 12. The van der Waals surface area contributed by atoms with E-state index in [4.69, 9.17) is 28.4 Å². The van der Waals surface area contributed by atoms with E-state index in [1.807, 2.05) is 125 Å². The quantitative estimate of drug-likeness (QED) is 0.0271. The predicted octanol–water partition coefficient (Wildman–Crippen LogP) is 9.49. The Balaban J connectivity index is 0.000000236. The van der Waals surface area contributed by atoms with E-state index < -0.39 is 23.3 Å². The van der Waals surface area contributed by atoms with Crippen molar-refractivity contribution in [3.63, 3.8) is 0 Å². The molecule has 0 spiro atoms. The van der Waals surface area contributed by atoms with E-state index in [2.05, 4.69) is 21.3 Å². The van der Waals surface area contributed by atoms with Gasteiger partial charge in [-0.25, -0.2) is 0 Å². The number of hydrogen-bond donors (Lipinski definition) is 6. The van der Waals surface area contributed by atoms with Gasteiger partial charge >= 0.3 is 0 Å². The molecule has 0 bridgehead atoms. The van der Waals surface area contributed by atoms with Crippen molar-refractivity contribution in [2.45, 2.75) is 115 Å². The van der Waals surface area contributed by atoms with E-state index in [9.17, 15) is 29.4 Å². The number of nitrogens with one attached hydrogen (secondary N) is 4. The number of aliphatic hydroxyl groups is 2. The smallest absolute Gasteiger partial charge is 0.253 e. The molecule has 2 heterocycles. The van der Waals surface area contributed by atoms with Gasteiger partial charge in [0, 0.05) is 61.4 Å². The maximum Gasteiger partial charge on any atom is 0.253 e. The van der Waals surface area contributed by atoms with Gasteiger partial charge < -0.3 is 59.9 Å². The molecular formula is C66H80N4O12. The van der Waals surface area contributed by atoms with Crippen molar-refractivity contribution in [1.82, 2.24) is 21.3 Å². The molecule has 0 saturated carbocycles. The zero-order valence-corrected chi connectivity index (χ0v) is 47.7.